The van der Waals surface area contributed by atoms with Crippen molar-refractivity contribution in [3.05, 3.63) is 44.0 Å². The Morgan fingerprint density at radius 2 is 2.08 bits per heavy atom. The predicted molar refractivity (Wildman–Crippen MR) is 109 cm³/mol. The fourth-order valence-corrected chi connectivity index (χ4v) is 5.08. The molecule has 4 heterocycles. The summed E-state index contributed by atoms with van der Waals surface area (Å²) in [5.41, 5.74) is 2.03. The fraction of sp³-hybridized carbons (Fsp3) is 0.235. The van der Waals surface area contributed by atoms with E-state index in [0.717, 1.165) is 37.3 Å². The number of halogens is 2. The summed E-state index contributed by atoms with van der Waals surface area (Å²) in [6, 6.07) is 5.34. The number of aromatic nitrogens is 2. The van der Waals surface area contributed by atoms with E-state index in [4.69, 9.17) is 23.2 Å². The Balaban J connectivity index is 1.55. The molecule has 9 heteroatoms. The van der Waals surface area contributed by atoms with Crippen LogP contribution in [0.1, 0.15) is 23.2 Å². The quantitative estimate of drug-likeness (QED) is 0.606. The van der Waals surface area contributed by atoms with Gasteiger partial charge in [-0.2, -0.15) is 0 Å². The third kappa shape index (κ3) is 3.57. The minimum absolute atomic E-state index is 0.213. The normalized spacial score (nSPS) is 14.0. The lowest BCUT2D eigenvalue weighted by Gasteiger charge is -2.19. The Kier molecular flexibility index (Phi) is 5.13. The summed E-state index contributed by atoms with van der Waals surface area (Å²) in [5, 5.41) is 5.23. The topological polar surface area (TPSA) is 58.1 Å². The van der Waals surface area contributed by atoms with Gasteiger partial charge in [0.25, 0.3) is 5.91 Å². The first-order chi connectivity index (χ1) is 12.6. The van der Waals surface area contributed by atoms with Gasteiger partial charge in [-0.25, -0.2) is 9.97 Å². The Bertz CT molecular complexity index is 950. The van der Waals surface area contributed by atoms with Gasteiger partial charge >= 0.3 is 0 Å². The molecular weight excluding hydrogens is 411 g/mol. The van der Waals surface area contributed by atoms with Crippen LogP contribution < -0.4 is 10.2 Å². The average Bonchev–Trinajstić information content (AvgIpc) is 3.36. The molecule has 5 nitrogen and oxygen atoms in total. The van der Waals surface area contributed by atoms with Gasteiger partial charge in [0.1, 0.15) is 10.2 Å². The summed E-state index contributed by atoms with van der Waals surface area (Å²) in [5.74, 6) is 0.516. The van der Waals surface area contributed by atoms with Gasteiger partial charge in [0.2, 0.25) is 0 Å². The van der Waals surface area contributed by atoms with Gasteiger partial charge in [0.05, 0.1) is 15.6 Å². The number of carbonyl (C=O) groups is 1. The van der Waals surface area contributed by atoms with Crippen molar-refractivity contribution in [3.63, 3.8) is 0 Å². The van der Waals surface area contributed by atoms with Crippen molar-refractivity contribution in [1.29, 1.82) is 0 Å². The van der Waals surface area contributed by atoms with Crippen molar-refractivity contribution < 1.29 is 4.79 Å². The molecule has 1 aliphatic rings. The molecule has 0 spiro atoms. The molecule has 26 heavy (non-hydrogen) atoms. The number of nitrogens with zero attached hydrogens (tertiary/aromatic N) is 3. The van der Waals surface area contributed by atoms with Crippen LogP contribution in [0.3, 0.4) is 0 Å². The Labute approximate surface area is 168 Å². The molecule has 3 aromatic rings. The van der Waals surface area contributed by atoms with E-state index in [1.807, 2.05) is 5.38 Å². The number of carbonyl (C=O) groups excluding carboxylic acids is 1. The SMILES string of the molecule is O=C(Nc1nc(-c2cc(Cl)sc2Cl)cs1)c1cccnc1N1CCCC1. The van der Waals surface area contributed by atoms with Crippen LogP contribution in [0.5, 0.6) is 0 Å². The number of nitrogens with one attached hydrogen (secondary N) is 1. The molecule has 3 aromatic heterocycles. The number of hydrogen-bond acceptors (Lipinski definition) is 6. The highest BCUT2D eigenvalue weighted by atomic mass is 35.5. The largest absolute Gasteiger partial charge is 0.356 e. The fourth-order valence-electron chi connectivity index (χ4n) is 2.89. The third-order valence-electron chi connectivity index (χ3n) is 4.09. The number of thiophene rings is 1. The summed E-state index contributed by atoms with van der Waals surface area (Å²) in [6.45, 7) is 1.85. The van der Waals surface area contributed by atoms with E-state index < -0.39 is 0 Å². The summed E-state index contributed by atoms with van der Waals surface area (Å²) in [7, 11) is 0. The van der Waals surface area contributed by atoms with Crippen LogP contribution in [0.2, 0.25) is 8.67 Å². The van der Waals surface area contributed by atoms with Crippen molar-refractivity contribution in [2.75, 3.05) is 23.3 Å². The number of anilines is 2. The monoisotopic (exact) mass is 424 g/mol. The number of thiazole rings is 1. The Morgan fingerprint density at radius 3 is 2.81 bits per heavy atom. The van der Waals surface area contributed by atoms with E-state index in [1.165, 1.54) is 22.7 Å². The second-order valence-electron chi connectivity index (χ2n) is 5.80. The lowest BCUT2D eigenvalue weighted by atomic mass is 10.2. The minimum atomic E-state index is -0.213. The lowest BCUT2D eigenvalue weighted by Crippen LogP contribution is -2.24. The Hall–Kier alpha value is -1.67. The zero-order chi connectivity index (χ0) is 18.1. The predicted octanol–water partition coefficient (Wildman–Crippen LogP) is 5.43. The highest BCUT2D eigenvalue weighted by molar-refractivity contribution is 7.20. The van der Waals surface area contributed by atoms with Gasteiger partial charge in [-0.05, 0) is 31.0 Å². The number of hydrogen-bond donors (Lipinski definition) is 1. The maximum atomic E-state index is 12.8. The van der Waals surface area contributed by atoms with Crippen molar-refractivity contribution in [3.8, 4) is 11.3 Å². The van der Waals surface area contributed by atoms with Crippen molar-refractivity contribution in [1.82, 2.24) is 9.97 Å². The second-order valence-corrected chi connectivity index (χ2v) is 8.94. The van der Waals surface area contributed by atoms with Crippen molar-refractivity contribution in [2.45, 2.75) is 12.8 Å². The first-order valence-corrected chi connectivity index (χ1v) is 10.5. The maximum absolute atomic E-state index is 12.8. The van der Waals surface area contributed by atoms with Crippen molar-refractivity contribution in [2.24, 2.45) is 0 Å². The van der Waals surface area contributed by atoms with Crippen LogP contribution in [0.4, 0.5) is 10.9 Å². The van der Waals surface area contributed by atoms with E-state index in [9.17, 15) is 4.79 Å². The van der Waals surface area contributed by atoms with Crippen LogP contribution in [0.15, 0.2) is 29.8 Å². The second kappa shape index (κ2) is 7.52. The standard InChI is InChI=1S/C17H14Cl2N4OS2/c18-13-8-11(14(19)26-13)12-9-25-17(21-12)22-16(24)10-4-3-5-20-15(10)23-6-1-2-7-23/h3-5,8-9H,1-2,6-7H2,(H,21,22,24). The molecule has 4 rings (SSSR count). The summed E-state index contributed by atoms with van der Waals surface area (Å²) in [6.07, 6.45) is 3.96. The van der Waals surface area contributed by atoms with E-state index in [2.05, 4.69) is 20.2 Å². The molecule has 1 fully saturated rings. The molecule has 1 aliphatic heterocycles. The lowest BCUT2D eigenvalue weighted by molar-refractivity contribution is 0.102. The van der Waals surface area contributed by atoms with Gasteiger partial charge in [-0.15, -0.1) is 22.7 Å². The molecule has 134 valence electrons. The van der Waals surface area contributed by atoms with E-state index in [0.29, 0.717) is 25.1 Å². The molecule has 1 amide bonds. The number of pyridine rings is 1. The van der Waals surface area contributed by atoms with Crippen molar-refractivity contribution >= 4 is 62.7 Å². The first-order valence-electron chi connectivity index (χ1n) is 8.04. The molecule has 0 bridgehead atoms. The molecule has 1 saturated heterocycles. The maximum Gasteiger partial charge on any atom is 0.261 e. The summed E-state index contributed by atoms with van der Waals surface area (Å²) < 4.78 is 1.19. The van der Waals surface area contributed by atoms with Crippen LogP contribution in [0.25, 0.3) is 11.3 Å². The molecular formula is C17H14Cl2N4OS2. The zero-order valence-electron chi connectivity index (χ0n) is 13.5. The smallest absolute Gasteiger partial charge is 0.261 e. The van der Waals surface area contributed by atoms with Gasteiger partial charge < -0.3 is 4.90 Å². The average molecular weight is 425 g/mol. The van der Waals surface area contributed by atoms with Gasteiger partial charge in [0.15, 0.2) is 5.13 Å². The molecule has 0 unspecified atom stereocenters. The van der Waals surface area contributed by atoms with Crippen LogP contribution in [0, 0.1) is 0 Å². The van der Waals surface area contributed by atoms with Crippen LogP contribution >= 0.6 is 45.9 Å². The molecule has 0 atom stereocenters. The summed E-state index contributed by atoms with van der Waals surface area (Å²) in [4.78, 5) is 23.8. The Morgan fingerprint density at radius 1 is 1.27 bits per heavy atom. The highest BCUT2D eigenvalue weighted by Crippen LogP contribution is 2.39. The molecule has 0 aromatic carbocycles. The van der Waals surface area contributed by atoms with Gasteiger partial charge in [0, 0.05) is 30.2 Å². The molecule has 0 saturated carbocycles. The van der Waals surface area contributed by atoms with Crippen LogP contribution in [-0.2, 0) is 0 Å². The molecule has 0 aliphatic carbocycles. The first kappa shape index (κ1) is 17.7. The van der Waals surface area contributed by atoms with Gasteiger partial charge in [-0.3, -0.25) is 10.1 Å². The molecule has 0 radical (unpaired) electrons. The third-order valence-corrected chi connectivity index (χ3v) is 6.34. The molecule has 1 N–H and O–H groups in total. The van der Waals surface area contributed by atoms with E-state index >= 15 is 0 Å². The van der Waals surface area contributed by atoms with E-state index in [-0.39, 0.29) is 5.91 Å². The zero-order valence-corrected chi connectivity index (χ0v) is 16.7. The number of amides is 1. The van der Waals surface area contributed by atoms with Gasteiger partial charge in [-0.1, -0.05) is 23.2 Å². The highest BCUT2D eigenvalue weighted by Gasteiger charge is 2.21. The summed E-state index contributed by atoms with van der Waals surface area (Å²) >= 11 is 14.8. The number of rotatable bonds is 4. The van der Waals surface area contributed by atoms with E-state index in [1.54, 1.807) is 24.4 Å². The minimum Gasteiger partial charge on any atom is -0.356 e. The van der Waals surface area contributed by atoms with Crippen LogP contribution in [-0.4, -0.2) is 29.0 Å².